The second-order valence-corrected chi connectivity index (χ2v) is 7.01. The van der Waals surface area contributed by atoms with Gasteiger partial charge in [0.15, 0.2) is 5.78 Å². The topological polar surface area (TPSA) is 49.8 Å². The molecule has 0 spiro atoms. The Hall–Kier alpha value is -3.01. The molecule has 0 aromatic heterocycles. The quantitative estimate of drug-likeness (QED) is 0.418. The zero-order valence-corrected chi connectivity index (χ0v) is 16.4. The van der Waals surface area contributed by atoms with Crippen LogP contribution in [-0.2, 0) is 6.42 Å². The van der Waals surface area contributed by atoms with Crippen LogP contribution in [0.2, 0.25) is 0 Å². The maximum absolute atomic E-state index is 12.7. The second-order valence-electron chi connectivity index (χ2n) is 7.01. The van der Waals surface area contributed by atoms with Gasteiger partial charge in [0.2, 0.25) is 0 Å². The van der Waals surface area contributed by atoms with E-state index < -0.39 is 0 Å². The predicted octanol–water partition coefficient (Wildman–Crippen LogP) is 5.02. The minimum atomic E-state index is -0.0562. The number of methoxy groups -OCH3 is 1. The molecule has 3 rings (SSSR count). The highest BCUT2D eigenvalue weighted by molar-refractivity contribution is 6.07. The molecule has 0 aliphatic carbocycles. The van der Waals surface area contributed by atoms with Gasteiger partial charge in [0, 0.05) is 36.0 Å². The molecule has 1 heterocycles. The number of phenols is 1. The molecule has 4 nitrogen and oxygen atoms in total. The average molecular weight is 377 g/mol. The molecule has 146 valence electrons. The van der Waals surface area contributed by atoms with E-state index >= 15 is 0 Å². The fourth-order valence-electron chi connectivity index (χ4n) is 3.53. The summed E-state index contributed by atoms with van der Waals surface area (Å²) in [5, 5.41) is 10.1. The van der Waals surface area contributed by atoms with Crippen LogP contribution in [-0.4, -0.2) is 31.1 Å². The highest BCUT2D eigenvalue weighted by Gasteiger charge is 2.13. The number of hydrogen-bond acceptors (Lipinski definition) is 4. The number of carbonyl (C=O) groups excluding carboxylic acids is 1. The molecule has 1 aliphatic rings. The van der Waals surface area contributed by atoms with Crippen molar-refractivity contribution in [3.8, 4) is 11.5 Å². The first-order chi connectivity index (χ1) is 13.6. The molecule has 1 aliphatic heterocycles. The zero-order chi connectivity index (χ0) is 19.9. The molecule has 1 fully saturated rings. The summed E-state index contributed by atoms with van der Waals surface area (Å²) >= 11 is 0. The summed E-state index contributed by atoms with van der Waals surface area (Å²) < 4.78 is 5.34. The third kappa shape index (κ3) is 4.63. The molecular formula is C24H27NO3. The fourth-order valence-corrected chi connectivity index (χ4v) is 3.53. The van der Waals surface area contributed by atoms with Crippen LogP contribution in [0.4, 0.5) is 5.69 Å². The van der Waals surface area contributed by atoms with Crippen molar-refractivity contribution in [2.75, 3.05) is 25.1 Å². The molecule has 0 saturated carbocycles. The first-order valence-electron chi connectivity index (χ1n) is 9.70. The standard InChI is InChI=1S/C24H27NO3/c1-3-8-18-15-20(24(28-2)17-23(18)27)11-12-22(26)19-9-7-10-21(16-19)25-13-5-4-6-14-25/h3,7,9-12,15-17,27H,1,4-6,8,13-14H2,2H3/b12-11+. The number of aromatic hydroxyl groups is 1. The van der Waals surface area contributed by atoms with Gasteiger partial charge in [-0.3, -0.25) is 4.79 Å². The van der Waals surface area contributed by atoms with Gasteiger partial charge in [-0.05, 0) is 61.6 Å². The zero-order valence-electron chi connectivity index (χ0n) is 16.4. The first-order valence-corrected chi connectivity index (χ1v) is 9.70. The van der Waals surface area contributed by atoms with Crippen molar-refractivity contribution in [3.05, 3.63) is 71.8 Å². The molecule has 4 heteroatoms. The van der Waals surface area contributed by atoms with Crippen molar-refractivity contribution < 1.29 is 14.6 Å². The van der Waals surface area contributed by atoms with E-state index in [9.17, 15) is 9.90 Å². The van der Waals surface area contributed by atoms with Crippen molar-refractivity contribution >= 4 is 17.5 Å². The summed E-state index contributed by atoms with van der Waals surface area (Å²) in [4.78, 5) is 15.1. The number of benzene rings is 2. The Morgan fingerprint density at radius 2 is 2.00 bits per heavy atom. The summed E-state index contributed by atoms with van der Waals surface area (Å²) in [6.45, 7) is 5.80. The van der Waals surface area contributed by atoms with Crippen LogP contribution in [0.3, 0.4) is 0 Å². The molecule has 0 bridgehead atoms. The molecule has 28 heavy (non-hydrogen) atoms. The Bertz CT molecular complexity index is 879. The van der Waals surface area contributed by atoms with Crippen molar-refractivity contribution in [1.82, 2.24) is 0 Å². The van der Waals surface area contributed by atoms with Crippen molar-refractivity contribution in [2.24, 2.45) is 0 Å². The lowest BCUT2D eigenvalue weighted by Gasteiger charge is -2.29. The maximum atomic E-state index is 12.7. The van der Waals surface area contributed by atoms with Crippen LogP contribution < -0.4 is 9.64 Å². The van der Waals surface area contributed by atoms with E-state index in [0.29, 0.717) is 17.7 Å². The number of piperidine rings is 1. The normalized spacial score (nSPS) is 14.2. The molecule has 0 unspecified atom stereocenters. The van der Waals surface area contributed by atoms with Crippen molar-refractivity contribution in [3.63, 3.8) is 0 Å². The summed E-state index contributed by atoms with van der Waals surface area (Å²) in [7, 11) is 1.54. The lowest BCUT2D eigenvalue weighted by Crippen LogP contribution is -2.29. The van der Waals surface area contributed by atoms with Crippen LogP contribution in [0.1, 0.15) is 40.7 Å². The lowest BCUT2D eigenvalue weighted by molar-refractivity contribution is 0.104. The highest BCUT2D eigenvalue weighted by atomic mass is 16.5. The number of carbonyl (C=O) groups is 1. The third-order valence-corrected chi connectivity index (χ3v) is 5.06. The SMILES string of the molecule is C=CCc1cc(/C=C/C(=O)c2cccc(N3CCCCC3)c2)c(OC)cc1O. The number of rotatable bonds is 7. The number of anilines is 1. The van der Waals surface area contributed by atoms with Crippen LogP contribution in [0.15, 0.2) is 55.1 Å². The second kappa shape index (κ2) is 9.27. The minimum absolute atomic E-state index is 0.0562. The van der Waals surface area contributed by atoms with E-state index in [-0.39, 0.29) is 11.5 Å². The monoisotopic (exact) mass is 377 g/mol. The Morgan fingerprint density at radius 1 is 1.21 bits per heavy atom. The largest absolute Gasteiger partial charge is 0.508 e. The van der Waals surface area contributed by atoms with E-state index in [0.717, 1.165) is 29.9 Å². The van der Waals surface area contributed by atoms with Gasteiger partial charge in [0.05, 0.1) is 7.11 Å². The third-order valence-electron chi connectivity index (χ3n) is 5.06. The average Bonchev–Trinajstić information content (AvgIpc) is 2.74. The molecule has 0 atom stereocenters. The first kappa shape index (κ1) is 19.7. The van der Waals surface area contributed by atoms with Gasteiger partial charge in [0.1, 0.15) is 11.5 Å². The summed E-state index contributed by atoms with van der Waals surface area (Å²) in [6.07, 6.45) is 9.25. The van der Waals surface area contributed by atoms with Crippen LogP contribution in [0.5, 0.6) is 11.5 Å². The van der Waals surface area contributed by atoms with Crippen LogP contribution in [0.25, 0.3) is 6.08 Å². The van der Waals surface area contributed by atoms with Gasteiger partial charge < -0.3 is 14.7 Å². The number of phenolic OH excluding ortho intramolecular Hbond substituents is 1. The Morgan fingerprint density at radius 3 is 2.71 bits per heavy atom. The van der Waals surface area contributed by atoms with Gasteiger partial charge in [-0.2, -0.15) is 0 Å². The maximum Gasteiger partial charge on any atom is 0.185 e. The lowest BCUT2D eigenvalue weighted by atomic mass is 10.0. The van der Waals surface area contributed by atoms with Gasteiger partial charge >= 0.3 is 0 Å². The van der Waals surface area contributed by atoms with E-state index in [4.69, 9.17) is 4.74 Å². The molecule has 2 aromatic carbocycles. The number of ketones is 1. The Balaban J connectivity index is 1.81. The molecule has 1 saturated heterocycles. The van der Waals surface area contributed by atoms with E-state index in [1.165, 1.54) is 19.3 Å². The highest BCUT2D eigenvalue weighted by Crippen LogP contribution is 2.30. The number of nitrogens with zero attached hydrogens (tertiary/aromatic N) is 1. The van der Waals surface area contributed by atoms with Crippen LogP contribution >= 0.6 is 0 Å². The number of hydrogen-bond donors (Lipinski definition) is 1. The molecule has 0 radical (unpaired) electrons. The predicted molar refractivity (Wildman–Crippen MR) is 114 cm³/mol. The molecule has 1 N–H and O–H groups in total. The minimum Gasteiger partial charge on any atom is -0.508 e. The van der Waals surface area contributed by atoms with Gasteiger partial charge in [-0.25, -0.2) is 0 Å². The van der Waals surface area contributed by atoms with Crippen molar-refractivity contribution in [1.29, 1.82) is 0 Å². The Kier molecular flexibility index (Phi) is 6.53. The summed E-state index contributed by atoms with van der Waals surface area (Å²) in [6, 6.07) is 11.2. The summed E-state index contributed by atoms with van der Waals surface area (Å²) in [5.74, 6) is 0.630. The smallest absolute Gasteiger partial charge is 0.185 e. The van der Waals surface area contributed by atoms with Gasteiger partial charge in [-0.15, -0.1) is 6.58 Å². The molecule has 0 amide bonds. The van der Waals surface area contributed by atoms with Gasteiger partial charge in [0.25, 0.3) is 0 Å². The summed E-state index contributed by atoms with van der Waals surface area (Å²) in [5.41, 5.74) is 3.27. The fraction of sp³-hybridized carbons (Fsp3) is 0.292. The van der Waals surface area contributed by atoms with E-state index in [1.54, 1.807) is 31.4 Å². The number of allylic oxidation sites excluding steroid dienone is 2. The Labute approximate surface area is 166 Å². The van der Waals surface area contributed by atoms with E-state index in [2.05, 4.69) is 17.5 Å². The van der Waals surface area contributed by atoms with Gasteiger partial charge in [-0.1, -0.05) is 18.2 Å². The van der Waals surface area contributed by atoms with Crippen LogP contribution in [0, 0.1) is 0 Å². The van der Waals surface area contributed by atoms with Crippen molar-refractivity contribution in [2.45, 2.75) is 25.7 Å². The molecule has 2 aromatic rings. The van der Waals surface area contributed by atoms with E-state index in [1.807, 2.05) is 24.3 Å². The molecular weight excluding hydrogens is 350 g/mol. The number of ether oxygens (including phenoxy) is 1.